The Morgan fingerprint density at radius 1 is 1.22 bits per heavy atom. The van der Waals surface area contributed by atoms with Crippen LogP contribution in [0.4, 0.5) is 4.79 Å². The molecule has 1 unspecified atom stereocenters. The Morgan fingerprint density at radius 3 is 2.59 bits per heavy atom. The fourth-order valence-electron chi connectivity index (χ4n) is 4.20. The fourth-order valence-corrected chi connectivity index (χ4v) is 6.37. The summed E-state index contributed by atoms with van der Waals surface area (Å²) in [6.07, 6.45) is 3.13. The van der Waals surface area contributed by atoms with Crippen molar-refractivity contribution < 1.29 is 29.4 Å². The van der Waals surface area contributed by atoms with Crippen molar-refractivity contribution in [2.24, 2.45) is 0 Å². The van der Waals surface area contributed by atoms with Crippen LogP contribution in [-0.4, -0.2) is 71.3 Å². The van der Waals surface area contributed by atoms with E-state index in [2.05, 4.69) is 21.2 Å². The molecule has 0 bridgehead atoms. The first-order chi connectivity index (χ1) is 15.3. The first kappa shape index (κ1) is 22.5. The summed E-state index contributed by atoms with van der Waals surface area (Å²) < 4.78 is 1.34. The minimum Gasteiger partial charge on any atom is -0.508 e. The number of carboxylic acid groups (broad SMARTS) is 1. The van der Waals surface area contributed by atoms with Crippen LogP contribution in [-0.2, 0) is 20.9 Å². The number of hydrogen-bond donors (Lipinski definition) is 3. The molecule has 4 rings (SSSR count). The molecule has 0 saturated carbocycles. The van der Waals surface area contributed by atoms with Gasteiger partial charge in [-0.15, -0.1) is 0 Å². The number of amides is 3. The Bertz CT molecular complexity index is 1050. The van der Waals surface area contributed by atoms with Crippen LogP contribution in [0, 0.1) is 0 Å². The van der Waals surface area contributed by atoms with E-state index in [9.17, 15) is 29.4 Å². The highest BCUT2D eigenvalue weighted by Crippen LogP contribution is 2.42. The molecule has 3 amide bonds. The first-order valence-electron chi connectivity index (χ1n) is 10.1. The standard InChI is InChI=1S/C21H22BrN3O6S/c22-10-17(27)23-18-16-6-5-15(32(21(30)31)25(16)20(18)29)9-13-7-8-24(19(13)28)11-12-1-3-14(26)4-2-12/h1-4,9,16,18,26H,5-8,10-11H2,(H,23,27)(H,30,31)/b13-9+/t16-,18-,32?/m1/s1. The topological polar surface area (TPSA) is 127 Å². The lowest BCUT2D eigenvalue weighted by atomic mass is 9.93. The maximum absolute atomic E-state index is 12.9. The van der Waals surface area contributed by atoms with Crippen molar-refractivity contribution in [3.05, 3.63) is 41.5 Å². The highest BCUT2D eigenvalue weighted by atomic mass is 79.9. The Labute approximate surface area is 195 Å². The fraction of sp³-hybridized carbons (Fsp3) is 0.381. The summed E-state index contributed by atoms with van der Waals surface area (Å²) in [6, 6.07) is 5.59. The highest BCUT2D eigenvalue weighted by Gasteiger charge is 2.53. The normalized spacial score (nSPS) is 26.2. The number of halogens is 1. The molecular weight excluding hydrogens is 502 g/mol. The maximum Gasteiger partial charge on any atom is 0.378 e. The molecule has 3 aliphatic heterocycles. The summed E-state index contributed by atoms with van der Waals surface area (Å²) in [4.78, 5) is 51.4. The predicted octanol–water partition coefficient (Wildman–Crippen LogP) is 1.97. The van der Waals surface area contributed by atoms with Crippen LogP contribution in [0.1, 0.15) is 24.8 Å². The van der Waals surface area contributed by atoms with Crippen molar-refractivity contribution in [2.45, 2.75) is 37.9 Å². The van der Waals surface area contributed by atoms with Crippen molar-refractivity contribution in [3.8, 4) is 5.75 Å². The van der Waals surface area contributed by atoms with Gasteiger partial charge in [0.1, 0.15) is 11.8 Å². The number of carbonyl (C=O) groups excluding carboxylic acids is 3. The molecule has 2 fully saturated rings. The van der Waals surface area contributed by atoms with E-state index < -0.39 is 27.9 Å². The van der Waals surface area contributed by atoms with Crippen molar-refractivity contribution in [1.29, 1.82) is 0 Å². The number of likely N-dealkylation sites (tertiary alicyclic amines) is 1. The SMILES string of the molecule is O=C(CBr)N[C@H]1C(=O)N2[C@@H]1CCC(/C=C1\CCN(Cc3ccc(O)cc3)C1=O)=S2C(=O)O. The molecule has 1 aromatic carbocycles. The number of phenolic OH excluding ortho intramolecular Hbond substituents is 1. The lowest BCUT2D eigenvalue weighted by Gasteiger charge is -2.50. The Kier molecular flexibility index (Phi) is 6.38. The number of nitrogens with one attached hydrogen (secondary N) is 1. The van der Waals surface area contributed by atoms with Crippen LogP contribution in [0.25, 0.3) is 0 Å². The van der Waals surface area contributed by atoms with Gasteiger partial charge in [0.2, 0.25) is 11.8 Å². The van der Waals surface area contributed by atoms with Crippen LogP contribution in [0.5, 0.6) is 5.75 Å². The minimum atomic E-state index is -1.47. The molecule has 2 saturated heterocycles. The van der Waals surface area contributed by atoms with Gasteiger partial charge in [-0.1, -0.05) is 28.1 Å². The number of β-lactam (4-membered cyclic amide) rings is 1. The van der Waals surface area contributed by atoms with E-state index in [1.54, 1.807) is 35.2 Å². The molecule has 3 heterocycles. The summed E-state index contributed by atoms with van der Waals surface area (Å²) in [5, 5.41) is 20.8. The third-order valence-electron chi connectivity index (χ3n) is 5.76. The van der Waals surface area contributed by atoms with Gasteiger partial charge >= 0.3 is 5.30 Å². The Morgan fingerprint density at radius 2 is 1.94 bits per heavy atom. The number of nitrogens with zero attached hydrogens (tertiary/aromatic N) is 2. The molecule has 0 radical (unpaired) electrons. The summed E-state index contributed by atoms with van der Waals surface area (Å²) in [5.74, 6) is -0.721. The third kappa shape index (κ3) is 4.18. The lowest BCUT2D eigenvalue weighted by Crippen LogP contribution is -2.70. The van der Waals surface area contributed by atoms with E-state index in [0.717, 1.165) is 5.56 Å². The molecule has 3 N–H and O–H groups in total. The van der Waals surface area contributed by atoms with Gasteiger partial charge in [-0.3, -0.25) is 18.7 Å². The van der Waals surface area contributed by atoms with E-state index in [1.165, 1.54) is 4.31 Å². The zero-order valence-electron chi connectivity index (χ0n) is 17.0. The molecule has 170 valence electrons. The van der Waals surface area contributed by atoms with Crippen LogP contribution < -0.4 is 5.32 Å². The number of rotatable bonds is 5. The second-order valence-electron chi connectivity index (χ2n) is 7.78. The third-order valence-corrected chi connectivity index (χ3v) is 8.26. The molecular formula is C21H22BrN3O6S. The molecule has 0 aromatic heterocycles. The average Bonchev–Trinajstić information content (AvgIpc) is 3.11. The Balaban J connectivity index is 1.53. The molecule has 11 heteroatoms. The van der Waals surface area contributed by atoms with Gasteiger partial charge < -0.3 is 20.4 Å². The smallest absolute Gasteiger partial charge is 0.378 e. The summed E-state index contributed by atoms with van der Waals surface area (Å²) in [6.45, 7) is 0.920. The monoisotopic (exact) mass is 523 g/mol. The first-order valence-corrected chi connectivity index (χ1v) is 12.4. The number of carbonyl (C=O) groups is 4. The number of fused-ring (bicyclic) bond motifs is 1. The summed E-state index contributed by atoms with van der Waals surface area (Å²) in [7, 11) is -1.47. The molecule has 0 spiro atoms. The van der Waals surface area contributed by atoms with Gasteiger partial charge in [-0.25, -0.2) is 4.79 Å². The zero-order valence-corrected chi connectivity index (χ0v) is 19.4. The van der Waals surface area contributed by atoms with E-state index in [4.69, 9.17) is 0 Å². The average molecular weight is 524 g/mol. The number of hydrogen-bond acceptors (Lipinski definition) is 5. The Hall–Kier alpha value is -2.66. The molecule has 3 aliphatic rings. The number of alkyl halides is 1. The zero-order chi connectivity index (χ0) is 23.0. The molecule has 1 aromatic rings. The molecule has 9 nitrogen and oxygen atoms in total. The van der Waals surface area contributed by atoms with Crippen molar-refractivity contribution in [2.75, 3.05) is 11.9 Å². The number of benzene rings is 1. The van der Waals surface area contributed by atoms with Crippen LogP contribution in [0.15, 0.2) is 35.9 Å². The van der Waals surface area contributed by atoms with Gasteiger partial charge in [0.25, 0.3) is 5.91 Å². The number of aromatic hydroxyl groups is 1. The molecule has 32 heavy (non-hydrogen) atoms. The van der Waals surface area contributed by atoms with Crippen LogP contribution in [0.2, 0.25) is 0 Å². The maximum atomic E-state index is 12.9. The van der Waals surface area contributed by atoms with Crippen LogP contribution >= 0.6 is 26.6 Å². The number of allylic oxidation sites excluding steroid dienone is 1. The second kappa shape index (κ2) is 9.07. The predicted molar refractivity (Wildman–Crippen MR) is 122 cm³/mol. The van der Waals surface area contributed by atoms with Gasteiger partial charge in [0, 0.05) is 34.2 Å². The van der Waals surface area contributed by atoms with Crippen molar-refractivity contribution in [1.82, 2.24) is 14.5 Å². The van der Waals surface area contributed by atoms with Crippen LogP contribution in [0.3, 0.4) is 0 Å². The van der Waals surface area contributed by atoms with Gasteiger partial charge in [0.05, 0.1) is 11.4 Å². The second-order valence-corrected chi connectivity index (χ2v) is 10.2. The molecule has 3 atom stereocenters. The van der Waals surface area contributed by atoms with E-state index in [1.807, 2.05) is 0 Å². The van der Waals surface area contributed by atoms with Crippen molar-refractivity contribution in [3.63, 3.8) is 0 Å². The van der Waals surface area contributed by atoms with E-state index in [-0.39, 0.29) is 28.9 Å². The highest BCUT2D eigenvalue weighted by molar-refractivity contribution is 9.09. The largest absolute Gasteiger partial charge is 0.508 e. The summed E-state index contributed by atoms with van der Waals surface area (Å²) >= 11 is 3.04. The minimum absolute atomic E-state index is 0.0698. The van der Waals surface area contributed by atoms with Gasteiger partial charge in [-0.05, 0) is 43.0 Å². The van der Waals surface area contributed by atoms with Gasteiger partial charge in [-0.2, -0.15) is 0 Å². The van der Waals surface area contributed by atoms with Gasteiger partial charge in [0.15, 0.2) is 0 Å². The quantitative estimate of drug-likeness (QED) is 0.234. The summed E-state index contributed by atoms with van der Waals surface area (Å²) in [5.41, 5.74) is 1.42. The number of phenols is 1. The van der Waals surface area contributed by atoms with Crippen molar-refractivity contribution >= 4 is 54.5 Å². The lowest BCUT2D eigenvalue weighted by molar-refractivity contribution is -0.144. The molecule has 0 aliphatic carbocycles. The van der Waals surface area contributed by atoms with E-state index >= 15 is 0 Å². The van der Waals surface area contributed by atoms with E-state index in [0.29, 0.717) is 42.8 Å².